The van der Waals surface area contributed by atoms with Gasteiger partial charge in [0.05, 0.1) is 17.8 Å². The molecule has 4 aromatic rings. The van der Waals surface area contributed by atoms with Crippen LogP contribution in [-0.2, 0) is 30.6 Å². The summed E-state index contributed by atoms with van der Waals surface area (Å²) in [5, 5.41) is 3.03. The molecule has 6 heteroatoms. The number of carbonyl (C=O) groups is 1. The van der Waals surface area contributed by atoms with Crippen LogP contribution in [0.2, 0.25) is 0 Å². The average molecular weight is 460 g/mol. The van der Waals surface area contributed by atoms with Gasteiger partial charge in [-0.3, -0.25) is 9.78 Å². The Bertz CT molecular complexity index is 1590. The van der Waals surface area contributed by atoms with Crippen LogP contribution in [0.1, 0.15) is 33.9 Å². The van der Waals surface area contributed by atoms with E-state index in [0.29, 0.717) is 6.54 Å². The molecule has 6 nitrogen and oxygen atoms in total. The Labute approximate surface area is 202 Å². The van der Waals surface area contributed by atoms with Gasteiger partial charge in [0.2, 0.25) is 5.91 Å². The van der Waals surface area contributed by atoms with Crippen molar-refractivity contribution < 1.29 is 4.79 Å². The number of benzene rings is 1. The smallest absolute Gasteiger partial charge is 0.224 e. The van der Waals surface area contributed by atoms with Gasteiger partial charge in [-0.25, -0.2) is 4.98 Å². The van der Waals surface area contributed by atoms with Crippen LogP contribution in [-0.4, -0.2) is 25.8 Å². The minimum Gasteiger partial charge on any atom is -0.355 e. The molecule has 2 aliphatic heterocycles. The van der Waals surface area contributed by atoms with Gasteiger partial charge in [-0.15, -0.1) is 0 Å². The van der Waals surface area contributed by atoms with Crippen LogP contribution in [0.4, 0.5) is 0 Å². The lowest BCUT2D eigenvalue weighted by molar-refractivity contribution is -0.120. The van der Waals surface area contributed by atoms with Gasteiger partial charge in [0.25, 0.3) is 0 Å². The first-order valence-corrected chi connectivity index (χ1v) is 11.8. The van der Waals surface area contributed by atoms with Crippen LogP contribution in [0.3, 0.4) is 0 Å². The van der Waals surface area contributed by atoms with Crippen LogP contribution in [0, 0.1) is 0 Å². The predicted molar refractivity (Wildman–Crippen MR) is 139 cm³/mol. The molecular formula is C29H25N5O. The molecule has 6 rings (SSSR count). The molecule has 35 heavy (non-hydrogen) atoms. The summed E-state index contributed by atoms with van der Waals surface area (Å²) < 4.78 is 0. The molecule has 0 spiro atoms. The standard InChI is InChI=1S/C29H25N5O/c35-29(30-18-19-4-2-1-3-5-19)13-20-12-27-16-25-9-8-23(32-25)14-21-6-7-22(31-21)15-24-10-11-26(33-24)17-28(20)34-27/h1-7,10-12,14-17,31,34H,8-9,13,18H2,(H,30,35). The van der Waals surface area contributed by atoms with Crippen LogP contribution in [0.5, 0.6) is 0 Å². The molecule has 5 heterocycles. The molecule has 0 aliphatic carbocycles. The molecule has 0 atom stereocenters. The van der Waals surface area contributed by atoms with Crippen molar-refractivity contribution in [2.24, 2.45) is 0 Å². The zero-order valence-electron chi connectivity index (χ0n) is 19.2. The number of amides is 1. The molecule has 0 fully saturated rings. The molecular weight excluding hydrogens is 434 g/mol. The number of nitrogens with zero attached hydrogens (tertiary/aromatic N) is 2. The van der Waals surface area contributed by atoms with Crippen LogP contribution < -0.4 is 5.32 Å². The lowest BCUT2D eigenvalue weighted by atomic mass is 10.1. The monoisotopic (exact) mass is 459 g/mol. The lowest BCUT2D eigenvalue weighted by Crippen LogP contribution is -2.24. The fraction of sp³-hybridized carbons (Fsp3) is 0.138. The number of carbonyl (C=O) groups excluding carboxylic acids is 1. The van der Waals surface area contributed by atoms with E-state index in [-0.39, 0.29) is 12.3 Å². The summed E-state index contributed by atoms with van der Waals surface area (Å²) >= 11 is 0. The van der Waals surface area contributed by atoms with Crippen molar-refractivity contribution in [1.82, 2.24) is 25.3 Å². The van der Waals surface area contributed by atoms with Gasteiger partial charge in [-0.1, -0.05) is 30.3 Å². The van der Waals surface area contributed by atoms with E-state index in [0.717, 1.165) is 68.8 Å². The number of aromatic amines is 2. The minimum absolute atomic E-state index is 0.0184. The summed E-state index contributed by atoms with van der Waals surface area (Å²) in [7, 11) is 0. The number of aromatic nitrogens is 4. The van der Waals surface area contributed by atoms with E-state index in [1.54, 1.807) is 0 Å². The Morgan fingerprint density at radius 2 is 1.49 bits per heavy atom. The highest BCUT2D eigenvalue weighted by Crippen LogP contribution is 2.20. The van der Waals surface area contributed by atoms with Crippen molar-refractivity contribution in [2.45, 2.75) is 25.8 Å². The first kappa shape index (κ1) is 21.1. The van der Waals surface area contributed by atoms with Crippen molar-refractivity contribution in [3.63, 3.8) is 0 Å². The van der Waals surface area contributed by atoms with Crippen molar-refractivity contribution in [3.05, 3.63) is 107 Å². The Balaban J connectivity index is 1.41. The second-order valence-electron chi connectivity index (χ2n) is 8.94. The highest BCUT2D eigenvalue weighted by Gasteiger charge is 2.10. The second kappa shape index (κ2) is 9.06. The number of H-pyrrole nitrogens is 2. The number of hydrogen-bond acceptors (Lipinski definition) is 3. The first-order valence-electron chi connectivity index (χ1n) is 11.8. The maximum Gasteiger partial charge on any atom is 0.224 e. The van der Waals surface area contributed by atoms with E-state index < -0.39 is 0 Å². The number of hydrogen-bond donors (Lipinski definition) is 3. The van der Waals surface area contributed by atoms with Crippen LogP contribution in [0.25, 0.3) is 34.2 Å². The van der Waals surface area contributed by atoms with Crippen molar-refractivity contribution in [3.8, 4) is 0 Å². The molecule has 3 N–H and O–H groups in total. The van der Waals surface area contributed by atoms with E-state index in [4.69, 9.17) is 9.97 Å². The molecule has 1 aromatic carbocycles. The summed E-state index contributed by atoms with van der Waals surface area (Å²) in [6.07, 6.45) is 6.07. The zero-order chi connectivity index (χ0) is 23.6. The molecule has 8 bridgehead atoms. The minimum atomic E-state index is -0.0184. The average Bonchev–Trinajstić information content (AvgIpc) is 3.65. The summed E-state index contributed by atoms with van der Waals surface area (Å²) in [4.78, 5) is 29.2. The van der Waals surface area contributed by atoms with Gasteiger partial charge in [0.15, 0.2) is 0 Å². The van der Waals surface area contributed by atoms with E-state index >= 15 is 0 Å². The number of nitrogens with one attached hydrogen (secondary N) is 3. The van der Waals surface area contributed by atoms with E-state index in [1.807, 2.05) is 60.7 Å². The first-order chi connectivity index (χ1) is 17.2. The third kappa shape index (κ3) is 4.92. The molecule has 1 amide bonds. The highest BCUT2D eigenvalue weighted by atomic mass is 16.1. The van der Waals surface area contributed by atoms with Crippen LogP contribution >= 0.6 is 0 Å². The molecule has 3 aromatic heterocycles. The molecule has 0 saturated heterocycles. The Morgan fingerprint density at radius 3 is 2.29 bits per heavy atom. The summed E-state index contributed by atoms with van der Waals surface area (Å²) in [5.41, 5.74) is 9.69. The van der Waals surface area contributed by atoms with Gasteiger partial charge >= 0.3 is 0 Å². The second-order valence-corrected chi connectivity index (χ2v) is 8.94. The lowest BCUT2D eigenvalue weighted by Gasteiger charge is -2.04. The molecule has 172 valence electrons. The maximum atomic E-state index is 12.8. The maximum absolute atomic E-state index is 12.8. The van der Waals surface area contributed by atoms with E-state index in [2.05, 4.69) is 39.6 Å². The largest absolute Gasteiger partial charge is 0.355 e. The number of aryl methyl sites for hydroxylation is 2. The molecule has 0 saturated carbocycles. The number of fused-ring (bicyclic) bond motifs is 8. The Kier molecular flexibility index (Phi) is 5.47. The highest BCUT2D eigenvalue weighted by molar-refractivity contribution is 5.83. The van der Waals surface area contributed by atoms with Crippen LogP contribution in [0.15, 0.2) is 72.8 Å². The van der Waals surface area contributed by atoms with Gasteiger partial charge in [-0.2, -0.15) is 0 Å². The van der Waals surface area contributed by atoms with Crippen molar-refractivity contribution in [2.75, 3.05) is 0 Å². The van der Waals surface area contributed by atoms with Crippen molar-refractivity contribution >= 4 is 40.1 Å². The fourth-order valence-corrected chi connectivity index (χ4v) is 4.50. The normalized spacial score (nSPS) is 12.6. The van der Waals surface area contributed by atoms with E-state index in [9.17, 15) is 4.79 Å². The Morgan fingerprint density at radius 1 is 0.771 bits per heavy atom. The van der Waals surface area contributed by atoms with Gasteiger partial charge in [-0.05, 0) is 78.6 Å². The summed E-state index contributed by atoms with van der Waals surface area (Å²) in [6.45, 7) is 0.512. The fourth-order valence-electron chi connectivity index (χ4n) is 4.50. The summed E-state index contributed by atoms with van der Waals surface area (Å²) in [6, 6.07) is 24.3. The van der Waals surface area contributed by atoms with Gasteiger partial charge < -0.3 is 15.3 Å². The third-order valence-electron chi connectivity index (χ3n) is 6.22. The van der Waals surface area contributed by atoms with Gasteiger partial charge in [0.1, 0.15) is 0 Å². The van der Waals surface area contributed by atoms with E-state index in [1.165, 1.54) is 0 Å². The number of rotatable bonds is 4. The van der Waals surface area contributed by atoms with Gasteiger partial charge in [0, 0.05) is 40.0 Å². The molecule has 0 unspecified atom stereocenters. The Hall–Kier alpha value is -4.45. The van der Waals surface area contributed by atoms with Crippen molar-refractivity contribution in [1.29, 1.82) is 0 Å². The zero-order valence-corrected chi connectivity index (χ0v) is 19.2. The topological polar surface area (TPSA) is 86.5 Å². The third-order valence-corrected chi connectivity index (χ3v) is 6.22. The summed E-state index contributed by atoms with van der Waals surface area (Å²) in [5.74, 6) is -0.0184. The SMILES string of the molecule is O=C(Cc1cc2cc3nc(cc4ccc(cc5nc(cc1[nH]2)C=C5)[nH]4)CC3)NCc1ccccc1. The quantitative estimate of drug-likeness (QED) is 0.348. The molecule has 0 radical (unpaired) electrons. The molecule has 2 aliphatic rings. The predicted octanol–water partition coefficient (Wildman–Crippen LogP) is 5.13.